The average molecular weight is 272 g/mol. The molecular weight excluding hydrogens is 258 g/mol. The minimum absolute atomic E-state index is 0.119. The van der Waals surface area contributed by atoms with Gasteiger partial charge in [-0.15, -0.1) is 0 Å². The topological polar surface area (TPSA) is 86.6 Å². The zero-order valence-electron chi connectivity index (χ0n) is 9.60. The lowest BCUT2D eigenvalue weighted by atomic mass is 10.1. The van der Waals surface area contributed by atoms with E-state index in [2.05, 4.69) is 5.32 Å². The van der Waals surface area contributed by atoms with Gasteiger partial charge in [0.15, 0.2) is 0 Å². The van der Waals surface area contributed by atoms with Gasteiger partial charge < -0.3 is 15.5 Å². The van der Waals surface area contributed by atoms with E-state index in [1.807, 2.05) is 6.07 Å². The van der Waals surface area contributed by atoms with Crippen molar-refractivity contribution in [3.63, 3.8) is 0 Å². The Bertz CT molecular complexity index is 436. The number of carboxylic acids is 1. The van der Waals surface area contributed by atoms with Gasteiger partial charge in [-0.3, -0.25) is 4.79 Å². The monoisotopic (exact) mass is 271 g/mol. The van der Waals surface area contributed by atoms with E-state index in [1.54, 1.807) is 18.2 Å². The summed E-state index contributed by atoms with van der Waals surface area (Å²) in [6, 6.07) is 5.87. The van der Waals surface area contributed by atoms with Crippen molar-refractivity contribution in [3.05, 3.63) is 34.9 Å². The van der Waals surface area contributed by atoms with Crippen molar-refractivity contribution >= 4 is 23.5 Å². The molecule has 0 spiro atoms. The fraction of sp³-hybridized carbons (Fsp3) is 0.333. The van der Waals surface area contributed by atoms with Crippen LogP contribution in [-0.2, 0) is 16.0 Å². The van der Waals surface area contributed by atoms with Gasteiger partial charge in [0.05, 0.1) is 6.61 Å². The Morgan fingerprint density at radius 2 is 2.00 bits per heavy atom. The lowest BCUT2D eigenvalue weighted by Gasteiger charge is -2.11. The Hall–Kier alpha value is -1.59. The van der Waals surface area contributed by atoms with Gasteiger partial charge in [0.2, 0.25) is 5.91 Å². The molecule has 1 amide bonds. The number of carboxylic acid groups (broad SMARTS) is 1. The molecule has 1 atom stereocenters. The second kappa shape index (κ2) is 6.98. The second-order valence-electron chi connectivity index (χ2n) is 3.73. The van der Waals surface area contributed by atoms with Crippen molar-refractivity contribution in [2.75, 3.05) is 6.61 Å². The van der Waals surface area contributed by atoms with Crippen molar-refractivity contribution in [1.29, 1.82) is 0 Å². The highest BCUT2D eigenvalue weighted by Crippen LogP contribution is 2.16. The van der Waals surface area contributed by atoms with Gasteiger partial charge in [0.25, 0.3) is 0 Å². The number of hydrogen-bond donors (Lipinski definition) is 3. The Kier molecular flexibility index (Phi) is 5.61. The van der Waals surface area contributed by atoms with Crippen LogP contribution < -0.4 is 5.32 Å². The molecule has 0 aliphatic rings. The van der Waals surface area contributed by atoms with E-state index in [1.165, 1.54) is 0 Å². The van der Waals surface area contributed by atoms with Crippen molar-refractivity contribution in [3.8, 4) is 0 Å². The zero-order valence-corrected chi connectivity index (χ0v) is 10.4. The van der Waals surface area contributed by atoms with Crippen LogP contribution in [0.25, 0.3) is 0 Å². The zero-order chi connectivity index (χ0) is 13.5. The van der Waals surface area contributed by atoms with Crippen LogP contribution in [0.4, 0.5) is 0 Å². The highest BCUT2D eigenvalue weighted by molar-refractivity contribution is 6.31. The highest BCUT2D eigenvalue weighted by atomic mass is 35.5. The first-order chi connectivity index (χ1) is 8.54. The van der Waals surface area contributed by atoms with Crippen LogP contribution in [0.5, 0.6) is 0 Å². The van der Waals surface area contributed by atoms with Crippen LogP contribution in [0.1, 0.15) is 12.0 Å². The Morgan fingerprint density at radius 1 is 1.33 bits per heavy atom. The first-order valence-electron chi connectivity index (χ1n) is 5.41. The number of halogens is 1. The number of aliphatic hydroxyl groups excluding tert-OH is 1. The molecule has 0 radical (unpaired) electrons. The molecular formula is C12H14ClNO4. The highest BCUT2D eigenvalue weighted by Gasteiger charge is 2.18. The molecule has 1 rings (SSSR count). The van der Waals surface area contributed by atoms with Crippen LogP contribution in [-0.4, -0.2) is 34.7 Å². The first kappa shape index (κ1) is 14.5. The normalized spacial score (nSPS) is 11.9. The lowest BCUT2D eigenvalue weighted by molar-refractivity contribution is -0.142. The van der Waals surface area contributed by atoms with Gasteiger partial charge in [0.1, 0.15) is 6.04 Å². The summed E-state index contributed by atoms with van der Waals surface area (Å²) in [5, 5.41) is 20.2. The molecule has 98 valence electrons. The minimum atomic E-state index is -1.26. The van der Waals surface area contributed by atoms with Gasteiger partial charge in [-0.2, -0.15) is 0 Å². The summed E-state index contributed by atoms with van der Waals surface area (Å²) in [4.78, 5) is 22.1. The standard InChI is InChI=1S/C12H14ClNO4/c13-9-4-2-1-3-8(9)5-6-11(16)14-10(7-15)12(17)18/h1-4,10,15H,5-7H2,(H,14,16)(H,17,18)/t10-/m1/s1. The van der Waals surface area contributed by atoms with Crippen LogP contribution in [0, 0.1) is 0 Å². The molecule has 0 saturated carbocycles. The Morgan fingerprint density at radius 3 is 2.56 bits per heavy atom. The van der Waals surface area contributed by atoms with E-state index in [9.17, 15) is 9.59 Å². The molecule has 0 aliphatic carbocycles. The largest absolute Gasteiger partial charge is 0.480 e. The summed E-state index contributed by atoms with van der Waals surface area (Å²) in [5.74, 6) is -1.69. The molecule has 3 N–H and O–H groups in total. The van der Waals surface area contributed by atoms with Gasteiger partial charge in [0, 0.05) is 11.4 Å². The number of amides is 1. The van der Waals surface area contributed by atoms with Crippen LogP contribution >= 0.6 is 11.6 Å². The molecule has 5 nitrogen and oxygen atoms in total. The summed E-state index contributed by atoms with van der Waals surface area (Å²) in [6.45, 7) is -0.632. The molecule has 0 saturated heterocycles. The van der Waals surface area contributed by atoms with E-state index in [0.717, 1.165) is 5.56 Å². The van der Waals surface area contributed by atoms with Crippen molar-refractivity contribution in [1.82, 2.24) is 5.32 Å². The molecule has 0 bridgehead atoms. The number of benzene rings is 1. The predicted molar refractivity (Wildman–Crippen MR) is 66.4 cm³/mol. The fourth-order valence-corrected chi connectivity index (χ4v) is 1.63. The quantitative estimate of drug-likeness (QED) is 0.715. The summed E-state index contributed by atoms with van der Waals surface area (Å²) in [7, 11) is 0. The third kappa shape index (κ3) is 4.35. The maximum absolute atomic E-state index is 11.5. The van der Waals surface area contributed by atoms with E-state index in [4.69, 9.17) is 21.8 Å². The number of carbonyl (C=O) groups is 2. The number of carbonyl (C=O) groups excluding carboxylic acids is 1. The third-order valence-electron chi connectivity index (χ3n) is 2.40. The number of nitrogens with one attached hydrogen (secondary N) is 1. The number of rotatable bonds is 6. The van der Waals surface area contributed by atoms with Crippen molar-refractivity contribution in [2.24, 2.45) is 0 Å². The van der Waals surface area contributed by atoms with E-state index >= 15 is 0 Å². The predicted octanol–water partition coefficient (Wildman–Crippen LogP) is 0.834. The molecule has 0 unspecified atom stereocenters. The molecule has 0 aromatic heterocycles. The maximum atomic E-state index is 11.5. The van der Waals surface area contributed by atoms with Crippen molar-refractivity contribution in [2.45, 2.75) is 18.9 Å². The molecule has 6 heteroatoms. The SMILES string of the molecule is O=C(CCc1ccccc1Cl)N[C@H](CO)C(=O)O. The van der Waals surface area contributed by atoms with Crippen molar-refractivity contribution < 1.29 is 19.8 Å². The van der Waals surface area contributed by atoms with Crippen LogP contribution in [0.2, 0.25) is 5.02 Å². The van der Waals surface area contributed by atoms with Gasteiger partial charge in [-0.25, -0.2) is 4.79 Å². The number of hydrogen-bond acceptors (Lipinski definition) is 3. The third-order valence-corrected chi connectivity index (χ3v) is 2.76. The summed E-state index contributed by atoms with van der Waals surface area (Å²) >= 11 is 5.93. The van der Waals surface area contributed by atoms with Gasteiger partial charge in [-0.1, -0.05) is 29.8 Å². The fourth-order valence-electron chi connectivity index (χ4n) is 1.40. The lowest BCUT2D eigenvalue weighted by Crippen LogP contribution is -2.43. The Labute approximate surface area is 109 Å². The number of aliphatic hydroxyl groups is 1. The molecule has 1 aromatic carbocycles. The molecule has 18 heavy (non-hydrogen) atoms. The summed E-state index contributed by atoms with van der Waals surface area (Å²) < 4.78 is 0. The Balaban J connectivity index is 2.47. The summed E-state index contributed by atoms with van der Waals surface area (Å²) in [6.07, 6.45) is 0.538. The molecule has 0 heterocycles. The number of aryl methyl sites for hydroxylation is 1. The van der Waals surface area contributed by atoms with Gasteiger partial charge in [-0.05, 0) is 18.1 Å². The van der Waals surface area contributed by atoms with E-state index in [-0.39, 0.29) is 6.42 Å². The summed E-state index contributed by atoms with van der Waals surface area (Å²) in [5.41, 5.74) is 0.824. The number of aliphatic carboxylic acids is 1. The first-order valence-corrected chi connectivity index (χ1v) is 5.79. The molecule has 0 fully saturated rings. The minimum Gasteiger partial charge on any atom is -0.480 e. The second-order valence-corrected chi connectivity index (χ2v) is 4.14. The average Bonchev–Trinajstić information content (AvgIpc) is 2.34. The molecule has 1 aromatic rings. The molecule has 0 aliphatic heterocycles. The van der Waals surface area contributed by atoms with Crippen LogP contribution in [0.15, 0.2) is 24.3 Å². The van der Waals surface area contributed by atoms with E-state index < -0.39 is 24.5 Å². The smallest absolute Gasteiger partial charge is 0.328 e. The van der Waals surface area contributed by atoms with Gasteiger partial charge >= 0.3 is 5.97 Å². The maximum Gasteiger partial charge on any atom is 0.328 e. The van der Waals surface area contributed by atoms with E-state index in [0.29, 0.717) is 11.4 Å². The van der Waals surface area contributed by atoms with Crippen LogP contribution in [0.3, 0.4) is 0 Å².